The van der Waals surface area contributed by atoms with Gasteiger partial charge in [0.05, 0.1) is 0 Å². The number of thiophene rings is 1. The number of rotatable bonds is 9. The SMILES string of the molecule is Cc1ccc2c(n1)sc1c(C3[N-]c4cc5ccccc5cc4N3c3c(C(C)C)cccc3C(C)C)[c-]ccc12.[2H]C([2H])([2H])c1c[c-]c(-c2cc(CC(C)C)c([Si](C)(C)c3ccccc3)cn2)c(F)c1.[Ir+3]. The first-order valence-electron chi connectivity index (χ1n) is 24.5. The van der Waals surface area contributed by atoms with Crippen molar-refractivity contribution in [2.45, 2.75) is 92.8 Å². The van der Waals surface area contributed by atoms with Crippen molar-refractivity contribution in [2.75, 3.05) is 4.90 Å². The van der Waals surface area contributed by atoms with E-state index in [4.69, 9.17) is 14.4 Å². The maximum atomic E-state index is 14.7. The zero-order valence-corrected chi connectivity index (χ0v) is 43.8. The number of aryl methyl sites for hydroxylation is 2. The van der Waals surface area contributed by atoms with Gasteiger partial charge in [-0.3, -0.25) is 4.39 Å². The van der Waals surface area contributed by atoms with Crippen LogP contribution in [0.3, 0.4) is 0 Å². The monoisotopic (exact) mass is 1100 g/mol. The summed E-state index contributed by atoms with van der Waals surface area (Å²) in [7, 11) is -1.98. The van der Waals surface area contributed by atoms with Crippen LogP contribution in [0.5, 0.6) is 0 Å². The number of aromatic nitrogens is 2. The summed E-state index contributed by atoms with van der Waals surface area (Å²) in [6, 6.07) is 49.8. The Kier molecular flexibility index (Phi) is 12.9. The summed E-state index contributed by atoms with van der Waals surface area (Å²) in [6.07, 6.45) is 2.53. The first-order valence-corrected chi connectivity index (χ1v) is 26.9. The molecule has 10 rings (SSSR count). The minimum Gasteiger partial charge on any atom is -0.661 e. The second-order valence-electron chi connectivity index (χ2n) is 19.1. The van der Waals surface area contributed by atoms with Gasteiger partial charge in [0, 0.05) is 33.2 Å². The normalized spacial score (nSPS) is 14.4. The first kappa shape index (κ1) is 44.0. The van der Waals surface area contributed by atoms with Gasteiger partial charge in [-0.05, 0) is 87.6 Å². The molecular weight excluding hydrogens is 1040 g/mol. The first-order chi connectivity index (χ1) is 32.9. The molecule has 67 heavy (non-hydrogen) atoms. The van der Waals surface area contributed by atoms with Crippen molar-refractivity contribution in [3.05, 3.63) is 190 Å². The number of hydrogen-bond acceptors (Lipinski definition) is 4. The van der Waals surface area contributed by atoms with Gasteiger partial charge in [-0.2, -0.15) is 29.5 Å². The third-order valence-corrected chi connectivity index (χ3v) is 17.6. The number of pyridine rings is 2. The number of halogens is 1. The summed E-state index contributed by atoms with van der Waals surface area (Å²) in [4.78, 5) is 13.0. The summed E-state index contributed by atoms with van der Waals surface area (Å²) in [5.41, 5.74) is 10.1. The molecule has 1 aliphatic heterocycles. The maximum Gasteiger partial charge on any atom is 3.00 e. The molecule has 1 atom stereocenters. The summed E-state index contributed by atoms with van der Waals surface area (Å²) in [6.45, 7) is 17.8. The molecule has 8 heteroatoms. The van der Waals surface area contributed by atoms with E-state index in [2.05, 4.69) is 187 Å². The second-order valence-corrected chi connectivity index (χ2v) is 24.5. The second kappa shape index (κ2) is 19.6. The average Bonchev–Trinajstić information content (AvgIpc) is 3.87. The molecule has 6 aromatic carbocycles. The summed E-state index contributed by atoms with van der Waals surface area (Å²) < 4.78 is 38.4. The number of benzene rings is 6. The summed E-state index contributed by atoms with van der Waals surface area (Å²) >= 11 is 1.76. The van der Waals surface area contributed by atoms with Gasteiger partial charge in [0.25, 0.3) is 0 Å². The number of hydrogen-bond donors (Lipinski definition) is 0. The van der Waals surface area contributed by atoms with Gasteiger partial charge in [0.15, 0.2) is 0 Å². The molecule has 0 N–H and O–H groups in total. The molecule has 0 radical (unpaired) electrons. The standard InChI is InChI=1S/C35H31N3S.C24H27FNSi.Ir/c1-20(2)25-12-8-13-26(21(3)4)32(25)38-31-19-24-11-7-6-10-23(24)18-30(31)37-34(38)29-15-9-14-27-28-17-16-22(5)36-35(28)39-33(27)29;1-17(2)13-19-15-23(21-12-11-18(3)14-22(21)25)26-16-24(19)27(4,5)20-9-7-6-8-10-20;/h6-14,16-21,34H,1-5H3;6-11,14-17H,13H2,1-5H3;/q-2;-1;+3/i;3D3;. The summed E-state index contributed by atoms with van der Waals surface area (Å²) in [5, 5.41) is 12.9. The van der Waals surface area contributed by atoms with Crippen LogP contribution in [-0.2, 0) is 26.5 Å². The molecule has 1 aliphatic rings. The molecule has 0 amide bonds. The molecule has 0 saturated heterocycles. The Bertz CT molecular complexity index is 3330. The Morgan fingerprint density at radius 3 is 2.19 bits per heavy atom. The van der Waals surface area contributed by atoms with Gasteiger partial charge < -0.3 is 15.2 Å². The van der Waals surface area contributed by atoms with Gasteiger partial charge >= 0.3 is 20.1 Å². The molecule has 4 heterocycles. The van der Waals surface area contributed by atoms with E-state index >= 15 is 0 Å². The number of nitrogens with zero attached hydrogens (tertiary/aromatic N) is 4. The molecule has 0 saturated carbocycles. The van der Waals surface area contributed by atoms with E-state index < -0.39 is 20.7 Å². The zero-order valence-electron chi connectivity index (χ0n) is 42.6. The van der Waals surface area contributed by atoms with E-state index in [9.17, 15) is 4.39 Å². The van der Waals surface area contributed by atoms with E-state index in [0.29, 0.717) is 23.4 Å². The molecule has 340 valence electrons. The van der Waals surface area contributed by atoms with Crippen LogP contribution in [0.25, 0.3) is 47.6 Å². The smallest absolute Gasteiger partial charge is 0.661 e. The Balaban J connectivity index is 0.000000193. The minimum atomic E-state index is -2.36. The maximum absolute atomic E-state index is 14.7. The Morgan fingerprint density at radius 2 is 1.52 bits per heavy atom. The fourth-order valence-corrected chi connectivity index (χ4v) is 13.4. The summed E-state index contributed by atoms with van der Waals surface area (Å²) in [5.74, 6) is 0.575. The number of anilines is 2. The van der Waals surface area contributed by atoms with E-state index in [1.54, 1.807) is 11.3 Å². The third kappa shape index (κ3) is 9.39. The molecule has 9 aromatic rings. The minimum absolute atomic E-state index is 0. The Morgan fingerprint density at radius 1 is 0.821 bits per heavy atom. The number of fused-ring (bicyclic) bond motifs is 5. The molecule has 3 aromatic heterocycles. The Labute approximate surface area is 419 Å². The van der Waals surface area contributed by atoms with E-state index in [1.165, 1.54) is 65.1 Å². The number of para-hydroxylation sites is 1. The van der Waals surface area contributed by atoms with Crippen LogP contribution in [0.1, 0.15) is 97.2 Å². The van der Waals surface area contributed by atoms with Crippen LogP contribution in [-0.4, -0.2) is 18.0 Å². The van der Waals surface area contributed by atoms with Crippen molar-refractivity contribution < 1.29 is 28.6 Å². The quantitative estimate of drug-likeness (QED) is 0.107. The molecule has 1 unspecified atom stereocenters. The van der Waals surface area contributed by atoms with Crippen LogP contribution < -0.4 is 15.3 Å². The van der Waals surface area contributed by atoms with Gasteiger partial charge in [0.1, 0.15) is 12.9 Å². The van der Waals surface area contributed by atoms with Crippen LogP contribution in [0.2, 0.25) is 13.1 Å². The predicted molar refractivity (Wildman–Crippen MR) is 282 cm³/mol. The van der Waals surface area contributed by atoms with Gasteiger partial charge in [0.2, 0.25) is 0 Å². The average molecular weight is 1100 g/mol. The van der Waals surface area contributed by atoms with Crippen molar-refractivity contribution in [1.82, 2.24) is 9.97 Å². The Hall–Kier alpha value is -5.50. The van der Waals surface area contributed by atoms with Crippen LogP contribution >= 0.6 is 11.3 Å². The molecule has 0 aliphatic carbocycles. The van der Waals surface area contributed by atoms with Crippen molar-refractivity contribution >= 4 is 77.9 Å². The van der Waals surface area contributed by atoms with Crippen LogP contribution in [0.4, 0.5) is 21.5 Å². The van der Waals surface area contributed by atoms with Gasteiger partial charge in [-0.25, -0.2) is 4.98 Å². The fourth-order valence-electron chi connectivity index (χ4n) is 9.47. The van der Waals surface area contributed by atoms with Crippen molar-refractivity contribution in [3.63, 3.8) is 0 Å². The van der Waals surface area contributed by atoms with Gasteiger partial charge in [-0.15, -0.1) is 40.4 Å². The molecular formula is C59H58FIrN4SSi. The predicted octanol–water partition coefficient (Wildman–Crippen LogP) is 15.8. The fraction of sp³-hybridized carbons (Fsp3) is 0.254. The van der Waals surface area contributed by atoms with Crippen LogP contribution in [0, 0.1) is 37.6 Å². The van der Waals surface area contributed by atoms with E-state index in [1.807, 2.05) is 18.3 Å². The van der Waals surface area contributed by atoms with Crippen molar-refractivity contribution in [2.24, 2.45) is 5.92 Å². The van der Waals surface area contributed by atoms with Gasteiger partial charge in [-0.1, -0.05) is 173 Å². The van der Waals surface area contributed by atoms with Crippen molar-refractivity contribution in [1.29, 1.82) is 0 Å². The van der Waals surface area contributed by atoms with Crippen molar-refractivity contribution in [3.8, 4) is 11.3 Å². The molecule has 0 bridgehead atoms. The third-order valence-electron chi connectivity index (χ3n) is 12.9. The van der Waals surface area contributed by atoms with E-state index in [0.717, 1.165) is 39.9 Å². The largest absolute Gasteiger partial charge is 3.00 e. The molecule has 4 nitrogen and oxygen atoms in total. The zero-order chi connectivity index (χ0) is 48.9. The topological polar surface area (TPSA) is 43.1 Å². The van der Waals surface area contributed by atoms with Crippen LogP contribution in [0.15, 0.2) is 134 Å². The molecule has 0 fully saturated rings. The molecule has 0 spiro atoms. The van der Waals surface area contributed by atoms with E-state index in [-0.39, 0.29) is 37.4 Å².